The highest BCUT2D eigenvalue weighted by atomic mass is 16.2. The number of amides is 1. The normalized spacial score (nSPS) is 17.6. The Labute approximate surface area is 109 Å². The number of benzene rings is 1. The molecule has 0 saturated carbocycles. The van der Waals surface area contributed by atoms with Crippen molar-refractivity contribution in [2.75, 3.05) is 33.2 Å². The van der Waals surface area contributed by atoms with Gasteiger partial charge in [0, 0.05) is 25.2 Å². The second kappa shape index (κ2) is 5.53. The molecule has 1 aliphatic rings. The Morgan fingerprint density at radius 2 is 1.89 bits per heavy atom. The van der Waals surface area contributed by atoms with Gasteiger partial charge in [0.15, 0.2) is 0 Å². The molecule has 1 amide bonds. The van der Waals surface area contributed by atoms with Crippen molar-refractivity contribution < 1.29 is 4.79 Å². The van der Waals surface area contributed by atoms with Gasteiger partial charge in [0.2, 0.25) is 0 Å². The summed E-state index contributed by atoms with van der Waals surface area (Å²) in [5, 5.41) is 0. The average Bonchev–Trinajstić information content (AvgIpc) is 2.53. The van der Waals surface area contributed by atoms with Crippen molar-refractivity contribution in [2.24, 2.45) is 0 Å². The van der Waals surface area contributed by atoms with Gasteiger partial charge in [-0.2, -0.15) is 0 Å². The number of carbonyl (C=O) groups is 1. The molecule has 3 heteroatoms. The van der Waals surface area contributed by atoms with E-state index in [9.17, 15) is 4.79 Å². The molecule has 2 rings (SSSR count). The molecule has 0 spiro atoms. The molecule has 1 aromatic carbocycles. The molecular formula is C15H22N2O. The zero-order chi connectivity index (χ0) is 13.1. The van der Waals surface area contributed by atoms with E-state index >= 15 is 0 Å². The Morgan fingerprint density at radius 3 is 2.61 bits per heavy atom. The van der Waals surface area contributed by atoms with Crippen LogP contribution in [0, 0.1) is 13.8 Å². The minimum Gasteiger partial charge on any atom is -0.337 e. The molecule has 1 aromatic rings. The van der Waals surface area contributed by atoms with E-state index in [-0.39, 0.29) is 5.91 Å². The molecule has 3 nitrogen and oxygen atoms in total. The van der Waals surface area contributed by atoms with Gasteiger partial charge in [-0.3, -0.25) is 4.79 Å². The van der Waals surface area contributed by atoms with E-state index in [4.69, 9.17) is 0 Å². The third kappa shape index (κ3) is 2.91. The van der Waals surface area contributed by atoms with Gasteiger partial charge in [0.1, 0.15) is 0 Å². The Hall–Kier alpha value is -1.35. The van der Waals surface area contributed by atoms with Crippen molar-refractivity contribution in [3.05, 3.63) is 34.9 Å². The van der Waals surface area contributed by atoms with Gasteiger partial charge in [-0.05, 0) is 45.5 Å². The summed E-state index contributed by atoms with van der Waals surface area (Å²) in [6.45, 7) is 7.83. The van der Waals surface area contributed by atoms with Crippen LogP contribution in [0.4, 0.5) is 0 Å². The second-order valence-electron chi connectivity index (χ2n) is 5.27. The fraction of sp³-hybridized carbons (Fsp3) is 0.533. The Kier molecular flexibility index (Phi) is 4.02. The van der Waals surface area contributed by atoms with Crippen LogP contribution < -0.4 is 0 Å². The van der Waals surface area contributed by atoms with E-state index in [2.05, 4.69) is 24.9 Å². The molecule has 18 heavy (non-hydrogen) atoms. The van der Waals surface area contributed by atoms with Crippen LogP contribution in [0.3, 0.4) is 0 Å². The van der Waals surface area contributed by atoms with Gasteiger partial charge in [-0.15, -0.1) is 0 Å². The number of rotatable bonds is 1. The SMILES string of the molecule is Cc1ccc(C(=O)N2CCCN(C)CC2)c(C)c1. The highest BCUT2D eigenvalue weighted by Crippen LogP contribution is 2.14. The number of carbonyl (C=O) groups excluding carboxylic acids is 1. The molecule has 0 aliphatic carbocycles. The molecule has 1 heterocycles. The lowest BCUT2D eigenvalue weighted by atomic mass is 10.0. The standard InChI is InChI=1S/C15H22N2O/c1-12-5-6-14(13(2)11-12)15(18)17-8-4-7-16(3)9-10-17/h5-6,11H,4,7-10H2,1-3H3. The molecule has 1 saturated heterocycles. The predicted octanol–water partition coefficient (Wildman–Crippen LogP) is 2.08. The number of aryl methyl sites for hydroxylation is 2. The Balaban J connectivity index is 2.15. The fourth-order valence-electron chi connectivity index (χ4n) is 2.47. The van der Waals surface area contributed by atoms with Gasteiger partial charge in [0.25, 0.3) is 5.91 Å². The van der Waals surface area contributed by atoms with Crippen LogP contribution in [0.25, 0.3) is 0 Å². The number of hydrogen-bond acceptors (Lipinski definition) is 2. The van der Waals surface area contributed by atoms with Gasteiger partial charge in [-0.1, -0.05) is 17.7 Å². The van der Waals surface area contributed by atoms with Crippen molar-refractivity contribution in [1.82, 2.24) is 9.80 Å². The number of nitrogens with zero attached hydrogens (tertiary/aromatic N) is 2. The van der Waals surface area contributed by atoms with E-state index in [1.807, 2.05) is 24.0 Å². The molecule has 0 bridgehead atoms. The number of hydrogen-bond donors (Lipinski definition) is 0. The van der Waals surface area contributed by atoms with Gasteiger partial charge in [0.05, 0.1) is 0 Å². The minimum absolute atomic E-state index is 0.183. The van der Waals surface area contributed by atoms with E-state index in [0.717, 1.165) is 43.7 Å². The molecular weight excluding hydrogens is 224 g/mol. The monoisotopic (exact) mass is 246 g/mol. The van der Waals surface area contributed by atoms with Crippen molar-refractivity contribution in [3.63, 3.8) is 0 Å². The smallest absolute Gasteiger partial charge is 0.254 e. The predicted molar refractivity (Wildman–Crippen MR) is 73.9 cm³/mol. The largest absolute Gasteiger partial charge is 0.337 e. The van der Waals surface area contributed by atoms with Crippen LogP contribution in [0.1, 0.15) is 27.9 Å². The first-order valence-electron chi connectivity index (χ1n) is 6.63. The summed E-state index contributed by atoms with van der Waals surface area (Å²) < 4.78 is 0. The van der Waals surface area contributed by atoms with Gasteiger partial charge < -0.3 is 9.80 Å². The maximum absolute atomic E-state index is 12.5. The minimum atomic E-state index is 0.183. The van der Waals surface area contributed by atoms with E-state index in [1.165, 1.54) is 5.56 Å². The molecule has 0 unspecified atom stereocenters. The maximum atomic E-state index is 12.5. The van der Waals surface area contributed by atoms with Crippen molar-refractivity contribution in [1.29, 1.82) is 0 Å². The molecule has 0 aromatic heterocycles. The number of likely N-dealkylation sites (N-methyl/N-ethyl adjacent to an activating group) is 1. The summed E-state index contributed by atoms with van der Waals surface area (Å²) in [7, 11) is 2.12. The highest BCUT2D eigenvalue weighted by Gasteiger charge is 2.19. The van der Waals surface area contributed by atoms with Crippen LogP contribution in [-0.4, -0.2) is 48.9 Å². The molecule has 98 valence electrons. The van der Waals surface area contributed by atoms with Crippen molar-refractivity contribution in [3.8, 4) is 0 Å². The topological polar surface area (TPSA) is 23.6 Å². The van der Waals surface area contributed by atoms with Crippen LogP contribution in [0.5, 0.6) is 0 Å². The Bertz CT molecular complexity index is 442. The summed E-state index contributed by atoms with van der Waals surface area (Å²) in [4.78, 5) is 16.8. The summed E-state index contributed by atoms with van der Waals surface area (Å²) in [6, 6.07) is 6.06. The van der Waals surface area contributed by atoms with Crippen LogP contribution in [-0.2, 0) is 0 Å². The van der Waals surface area contributed by atoms with Crippen molar-refractivity contribution in [2.45, 2.75) is 20.3 Å². The first kappa shape index (κ1) is 13.1. The van der Waals surface area contributed by atoms with Crippen LogP contribution >= 0.6 is 0 Å². The fourth-order valence-corrected chi connectivity index (χ4v) is 2.47. The first-order chi connectivity index (χ1) is 8.58. The summed E-state index contributed by atoms with van der Waals surface area (Å²) in [5.41, 5.74) is 3.14. The first-order valence-corrected chi connectivity index (χ1v) is 6.63. The quantitative estimate of drug-likeness (QED) is 0.757. The summed E-state index contributed by atoms with van der Waals surface area (Å²) in [5.74, 6) is 0.183. The highest BCUT2D eigenvalue weighted by molar-refractivity contribution is 5.95. The molecule has 0 atom stereocenters. The Morgan fingerprint density at radius 1 is 1.11 bits per heavy atom. The van der Waals surface area contributed by atoms with Gasteiger partial charge in [-0.25, -0.2) is 0 Å². The van der Waals surface area contributed by atoms with E-state index in [0.29, 0.717) is 0 Å². The summed E-state index contributed by atoms with van der Waals surface area (Å²) in [6.07, 6.45) is 1.06. The lowest BCUT2D eigenvalue weighted by Gasteiger charge is -2.21. The lowest BCUT2D eigenvalue weighted by Crippen LogP contribution is -2.34. The summed E-state index contributed by atoms with van der Waals surface area (Å²) >= 11 is 0. The van der Waals surface area contributed by atoms with E-state index in [1.54, 1.807) is 0 Å². The van der Waals surface area contributed by atoms with E-state index < -0.39 is 0 Å². The van der Waals surface area contributed by atoms with Gasteiger partial charge >= 0.3 is 0 Å². The average molecular weight is 246 g/mol. The van der Waals surface area contributed by atoms with Crippen LogP contribution in [0.15, 0.2) is 18.2 Å². The lowest BCUT2D eigenvalue weighted by molar-refractivity contribution is 0.0762. The van der Waals surface area contributed by atoms with Crippen molar-refractivity contribution >= 4 is 5.91 Å². The molecule has 1 fully saturated rings. The zero-order valence-corrected chi connectivity index (χ0v) is 11.6. The third-order valence-electron chi connectivity index (χ3n) is 3.62. The molecule has 1 aliphatic heterocycles. The molecule has 0 N–H and O–H groups in total. The zero-order valence-electron chi connectivity index (χ0n) is 11.6. The molecule has 0 radical (unpaired) electrons. The van der Waals surface area contributed by atoms with Crippen LogP contribution in [0.2, 0.25) is 0 Å². The maximum Gasteiger partial charge on any atom is 0.254 e. The second-order valence-corrected chi connectivity index (χ2v) is 5.27. The third-order valence-corrected chi connectivity index (χ3v) is 3.62.